The Labute approximate surface area is 123 Å². The van der Waals surface area contributed by atoms with Gasteiger partial charge in [0.05, 0.1) is 12.5 Å². The van der Waals surface area contributed by atoms with Crippen LogP contribution in [0.3, 0.4) is 0 Å². The Morgan fingerprint density at radius 3 is 2.76 bits per heavy atom. The Hall–Kier alpha value is -2.11. The molecule has 1 N–H and O–H groups in total. The normalized spacial score (nSPS) is 18.2. The molecule has 1 aliphatic heterocycles. The second-order valence-electron chi connectivity index (χ2n) is 4.98. The van der Waals surface area contributed by atoms with E-state index in [2.05, 4.69) is 5.32 Å². The molecule has 1 aromatic carbocycles. The minimum Gasteiger partial charge on any atom is -0.450 e. The highest BCUT2D eigenvalue weighted by Gasteiger charge is 2.29. The minimum absolute atomic E-state index is 0.157. The first-order valence-electron chi connectivity index (χ1n) is 7.08. The third kappa shape index (κ3) is 4.18. The molecule has 0 spiro atoms. The fourth-order valence-corrected chi connectivity index (χ4v) is 2.35. The molecule has 6 heteroatoms. The van der Waals surface area contributed by atoms with Gasteiger partial charge >= 0.3 is 6.09 Å². The van der Waals surface area contributed by atoms with Crippen molar-refractivity contribution in [2.45, 2.75) is 19.8 Å². The molecule has 1 unspecified atom stereocenters. The highest BCUT2D eigenvalue weighted by atomic mass is 19.1. The summed E-state index contributed by atoms with van der Waals surface area (Å²) >= 11 is 0. The van der Waals surface area contributed by atoms with Crippen molar-refractivity contribution in [3.8, 4) is 0 Å². The third-order valence-electron chi connectivity index (χ3n) is 3.43. The molecule has 5 nitrogen and oxygen atoms in total. The molecule has 1 aliphatic rings. The van der Waals surface area contributed by atoms with Crippen LogP contribution in [-0.2, 0) is 9.53 Å². The molecule has 1 heterocycles. The number of hydrogen-bond donors (Lipinski definition) is 1. The van der Waals surface area contributed by atoms with E-state index in [-0.39, 0.29) is 23.7 Å². The number of rotatable bonds is 3. The van der Waals surface area contributed by atoms with E-state index in [0.29, 0.717) is 25.4 Å². The quantitative estimate of drug-likeness (QED) is 0.932. The van der Waals surface area contributed by atoms with Gasteiger partial charge in [0.1, 0.15) is 5.82 Å². The largest absolute Gasteiger partial charge is 0.450 e. The molecule has 1 saturated heterocycles. The highest BCUT2D eigenvalue weighted by Crippen LogP contribution is 2.19. The van der Waals surface area contributed by atoms with Crippen molar-refractivity contribution in [1.82, 2.24) is 4.90 Å². The molecule has 0 radical (unpaired) electrons. The van der Waals surface area contributed by atoms with Crippen molar-refractivity contribution in [1.29, 1.82) is 0 Å². The monoisotopic (exact) mass is 294 g/mol. The van der Waals surface area contributed by atoms with Crippen LogP contribution in [0.5, 0.6) is 0 Å². The lowest BCUT2D eigenvalue weighted by Gasteiger charge is -2.31. The maximum Gasteiger partial charge on any atom is 0.409 e. The summed E-state index contributed by atoms with van der Waals surface area (Å²) in [6.07, 6.45) is 1.11. The van der Waals surface area contributed by atoms with Crippen LogP contribution in [0.4, 0.5) is 14.9 Å². The average molecular weight is 294 g/mol. The second-order valence-corrected chi connectivity index (χ2v) is 4.98. The van der Waals surface area contributed by atoms with Crippen molar-refractivity contribution in [2.75, 3.05) is 25.0 Å². The van der Waals surface area contributed by atoms with E-state index >= 15 is 0 Å². The van der Waals surface area contributed by atoms with E-state index in [0.717, 1.165) is 12.8 Å². The van der Waals surface area contributed by atoms with Crippen LogP contribution in [0, 0.1) is 11.7 Å². The molecule has 0 aliphatic carbocycles. The van der Waals surface area contributed by atoms with Crippen LogP contribution in [-0.4, -0.2) is 36.6 Å². The van der Waals surface area contributed by atoms with Gasteiger partial charge < -0.3 is 15.0 Å². The van der Waals surface area contributed by atoms with E-state index in [9.17, 15) is 14.0 Å². The molecule has 1 fully saturated rings. The van der Waals surface area contributed by atoms with Gasteiger partial charge in [-0.2, -0.15) is 0 Å². The predicted octanol–water partition coefficient (Wildman–Crippen LogP) is 2.63. The number of benzene rings is 1. The summed E-state index contributed by atoms with van der Waals surface area (Å²) in [6.45, 7) is 3.04. The fourth-order valence-electron chi connectivity index (χ4n) is 2.35. The second kappa shape index (κ2) is 7.06. The van der Waals surface area contributed by atoms with Gasteiger partial charge in [0, 0.05) is 18.8 Å². The van der Waals surface area contributed by atoms with E-state index < -0.39 is 0 Å². The molecular weight excluding hydrogens is 275 g/mol. The first-order chi connectivity index (χ1) is 10.1. The lowest BCUT2D eigenvalue weighted by Crippen LogP contribution is -2.44. The number of piperidine rings is 1. The van der Waals surface area contributed by atoms with Crippen LogP contribution in [0.1, 0.15) is 19.8 Å². The molecule has 0 aromatic heterocycles. The summed E-state index contributed by atoms with van der Waals surface area (Å²) < 4.78 is 17.8. The third-order valence-corrected chi connectivity index (χ3v) is 3.43. The SMILES string of the molecule is CCOC(=O)N1CCCC(C(=O)Nc2ccc(F)cc2)C1. The van der Waals surface area contributed by atoms with Gasteiger partial charge in [-0.05, 0) is 44.0 Å². The van der Waals surface area contributed by atoms with Gasteiger partial charge in [-0.15, -0.1) is 0 Å². The molecule has 0 saturated carbocycles. The van der Waals surface area contributed by atoms with Crippen LogP contribution in [0.2, 0.25) is 0 Å². The van der Waals surface area contributed by atoms with Crippen LogP contribution in [0.25, 0.3) is 0 Å². The fraction of sp³-hybridized carbons (Fsp3) is 0.467. The van der Waals surface area contributed by atoms with Crippen LogP contribution in [0.15, 0.2) is 24.3 Å². The van der Waals surface area contributed by atoms with Crippen molar-refractivity contribution in [2.24, 2.45) is 5.92 Å². The summed E-state index contributed by atoms with van der Waals surface area (Å²) in [7, 11) is 0. The predicted molar refractivity (Wildman–Crippen MR) is 76.3 cm³/mol. The lowest BCUT2D eigenvalue weighted by molar-refractivity contribution is -0.121. The van der Waals surface area contributed by atoms with Gasteiger partial charge in [0.25, 0.3) is 0 Å². The summed E-state index contributed by atoms with van der Waals surface area (Å²) in [6, 6.07) is 5.61. The number of anilines is 1. The maximum atomic E-state index is 12.8. The Kier molecular flexibility index (Phi) is 5.14. The van der Waals surface area contributed by atoms with E-state index in [1.807, 2.05) is 0 Å². The molecule has 21 heavy (non-hydrogen) atoms. The summed E-state index contributed by atoms with van der Waals surface area (Å²) in [5.74, 6) is -0.775. The first kappa shape index (κ1) is 15.3. The van der Waals surface area contributed by atoms with E-state index in [1.54, 1.807) is 11.8 Å². The Balaban J connectivity index is 1.92. The highest BCUT2D eigenvalue weighted by molar-refractivity contribution is 5.93. The number of ether oxygens (including phenoxy) is 1. The molecule has 1 atom stereocenters. The maximum absolute atomic E-state index is 12.8. The Morgan fingerprint density at radius 1 is 1.38 bits per heavy atom. The van der Waals surface area contributed by atoms with Crippen LogP contribution < -0.4 is 5.32 Å². The number of hydrogen-bond acceptors (Lipinski definition) is 3. The zero-order valence-corrected chi connectivity index (χ0v) is 12.0. The standard InChI is InChI=1S/C15H19FN2O3/c1-2-21-15(20)18-9-3-4-11(10-18)14(19)17-13-7-5-12(16)6-8-13/h5-8,11H,2-4,9-10H2,1H3,(H,17,19). The zero-order chi connectivity index (χ0) is 15.2. The number of nitrogens with one attached hydrogen (secondary N) is 1. The summed E-state index contributed by atoms with van der Waals surface area (Å²) in [5, 5.41) is 2.75. The van der Waals surface area contributed by atoms with Crippen molar-refractivity contribution in [3.05, 3.63) is 30.1 Å². The Bertz CT molecular complexity index is 504. The van der Waals surface area contributed by atoms with Gasteiger partial charge in [0.2, 0.25) is 5.91 Å². The summed E-state index contributed by atoms with van der Waals surface area (Å²) in [5.41, 5.74) is 0.551. The van der Waals surface area contributed by atoms with Crippen LogP contribution >= 0.6 is 0 Å². The first-order valence-corrected chi connectivity index (χ1v) is 7.08. The van der Waals surface area contributed by atoms with Gasteiger partial charge in [-0.1, -0.05) is 0 Å². The van der Waals surface area contributed by atoms with E-state index in [4.69, 9.17) is 4.74 Å². The van der Waals surface area contributed by atoms with E-state index in [1.165, 1.54) is 24.3 Å². The zero-order valence-electron chi connectivity index (χ0n) is 12.0. The molecular formula is C15H19FN2O3. The van der Waals surface area contributed by atoms with Crippen molar-refractivity contribution in [3.63, 3.8) is 0 Å². The number of amides is 2. The van der Waals surface area contributed by atoms with Gasteiger partial charge in [-0.3, -0.25) is 4.79 Å². The van der Waals surface area contributed by atoms with Gasteiger partial charge in [0.15, 0.2) is 0 Å². The van der Waals surface area contributed by atoms with Crippen molar-refractivity contribution < 1.29 is 18.7 Å². The number of carbonyl (C=O) groups excluding carboxylic acids is 2. The van der Waals surface area contributed by atoms with Gasteiger partial charge in [-0.25, -0.2) is 9.18 Å². The number of nitrogens with zero attached hydrogens (tertiary/aromatic N) is 1. The molecule has 1 aromatic rings. The number of halogens is 1. The molecule has 2 amide bonds. The van der Waals surface area contributed by atoms with Crippen molar-refractivity contribution >= 4 is 17.7 Å². The number of likely N-dealkylation sites (tertiary alicyclic amines) is 1. The molecule has 0 bridgehead atoms. The number of carbonyl (C=O) groups is 2. The minimum atomic E-state index is -0.378. The summed E-state index contributed by atoms with van der Waals surface area (Å²) in [4.78, 5) is 25.4. The molecule has 2 rings (SSSR count). The topological polar surface area (TPSA) is 58.6 Å². The average Bonchev–Trinajstić information content (AvgIpc) is 2.50. The smallest absolute Gasteiger partial charge is 0.409 e. The molecule has 114 valence electrons. The Morgan fingerprint density at radius 2 is 2.10 bits per heavy atom. The lowest BCUT2D eigenvalue weighted by atomic mass is 9.97.